The molecule has 156 valence electrons. The topological polar surface area (TPSA) is 85.2 Å². The van der Waals surface area contributed by atoms with E-state index >= 15 is 0 Å². The number of carbonyl (C=O) groups excluding carboxylic acids is 2. The van der Waals surface area contributed by atoms with Crippen molar-refractivity contribution in [2.45, 2.75) is 27.2 Å². The third kappa shape index (κ3) is 4.41. The number of ether oxygens (including phenoxy) is 2. The molecule has 30 heavy (non-hydrogen) atoms. The number of thioether (sulfide) groups is 1. The molecular weight excluding hydrogens is 402 g/mol. The predicted octanol–water partition coefficient (Wildman–Crippen LogP) is 5.04. The first-order chi connectivity index (χ1) is 14.5. The van der Waals surface area contributed by atoms with Crippen LogP contribution in [0.4, 0.5) is 0 Å². The van der Waals surface area contributed by atoms with E-state index in [1.54, 1.807) is 19.9 Å². The van der Waals surface area contributed by atoms with Crippen LogP contribution in [0.25, 0.3) is 16.8 Å². The SMILES string of the molecule is CCOC(=O)C1=C(O)/C(=C/c2c(OCC)ccc3ccccc23)SC1=NC(=O)CC. The fourth-order valence-electron chi connectivity index (χ4n) is 3.02. The second-order valence-electron chi connectivity index (χ2n) is 6.35. The van der Waals surface area contributed by atoms with E-state index in [2.05, 4.69) is 4.99 Å². The van der Waals surface area contributed by atoms with Gasteiger partial charge in [0, 0.05) is 12.0 Å². The molecule has 0 spiro atoms. The number of hydrogen-bond acceptors (Lipinski definition) is 6. The largest absolute Gasteiger partial charge is 0.506 e. The highest BCUT2D eigenvalue weighted by atomic mass is 32.2. The van der Waals surface area contributed by atoms with Gasteiger partial charge < -0.3 is 14.6 Å². The van der Waals surface area contributed by atoms with Gasteiger partial charge in [0.25, 0.3) is 0 Å². The summed E-state index contributed by atoms with van der Waals surface area (Å²) in [7, 11) is 0. The van der Waals surface area contributed by atoms with Gasteiger partial charge in [0.2, 0.25) is 5.91 Å². The Balaban J connectivity index is 2.18. The number of aliphatic hydroxyl groups is 1. The summed E-state index contributed by atoms with van der Waals surface area (Å²) in [6.45, 7) is 5.88. The lowest BCUT2D eigenvalue weighted by molar-refractivity contribution is -0.138. The molecule has 0 saturated carbocycles. The molecule has 0 unspecified atom stereocenters. The molecule has 0 radical (unpaired) electrons. The third-order valence-electron chi connectivity index (χ3n) is 4.40. The number of benzene rings is 2. The van der Waals surface area contributed by atoms with Gasteiger partial charge in [-0.2, -0.15) is 0 Å². The minimum absolute atomic E-state index is 0.0897. The molecule has 0 atom stereocenters. The second-order valence-corrected chi connectivity index (χ2v) is 7.38. The van der Waals surface area contributed by atoms with Crippen molar-refractivity contribution in [1.82, 2.24) is 0 Å². The summed E-state index contributed by atoms with van der Waals surface area (Å²) in [6, 6.07) is 11.7. The van der Waals surface area contributed by atoms with Gasteiger partial charge in [0.15, 0.2) is 0 Å². The number of amides is 1. The van der Waals surface area contributed by atoms with Crippen LogP contribution in [0.2, 0.25) is 0 Å². The van der Waals surface area contributed by atoms with Gasteiger partial charge in [-0.25, -0.2) is 9.79 Å². The van der Waals surface area contributed by atoms with Crippen molar-refractivity contribution in [2.24, 2.45) is 4.99 Å². The van der Waals surface area contributed by atoms with Crippen LogP contribution >= 0.6 is 11.8 Å². The number of aliphatic imine (C=N–C) groups is 1. The van der Waals surface area contributed by atoms with E-state index in [1.807, 2.05) is 43.3 Å². The van der Waals surface area contributed by atoms with Gasteiger partial charge in [0.1, 0.15) is 22.1 Å². The zero-order valence-electron chi connectivity index (χ0n) is 17.1. The summed E-state index contributed by atoms with van der Waals surface area (Å²) in [4.78, 5) is 28.7. The normalized spacial score (nSPS) is 16.5. The Bertz CT molecular complexity index is 1080. The number of aliphatic hydroxyl groups excluding tert-OH is 1. The maximum atomic E-state index is 12.4. The van der Waals surface area contributed by atoms with Crippen molar-refractivity contribution in [3.63, 3.8) is 0 Å². The maximum Gasteiger partial charge on any atom is 0.344 e. The minimum Gasteiger partial charge on any atom is -0.506 e. The van der Waals surface area contributed by atoms with Gasteiger partial charge in [-0.1, -0.05) is 49.0 Å². The highest BCUT2D eigenvalue weighted by Gasteiger charge is 2.34. The van der Waals surface area contributed by atoms with Crippen LogP contribution in [0.1, 0.15) is 32.8 Å². The van der Waals surface area contributed by atoms with Crippen LogP contribution in [-0.4, -0.2) is 35.2 Å². The quantitative estimate of drug-likeness (QED) is 0.653. The summed E-state index contributed by atoms with van der Waals surface area (Å²) in [5, 5.41) is 12.9. The number of nitrogens with zero attached hydrogens (tertiary/aromatic N) is 1. The Kier molecular flexibility index (Phi) is 6.95. The molecular formula is C23H23NO5S. The Hall–Kier alpha value is -3.06. The van der Waals surface area contributed by atoms with E-state index in [1.165, 1.54) is 0 Å². The van der Waals surface area contributed by atoms with Crippen LogP contribution < -0.4 is 4.74 Å². The van der Waals surface area contributed by atoms with Gasteiger partial charge in [-0.15, -0.1) is 0 Å². The van der Waals surface area contributed by atoms with Crippen LogP contribution in [0.5, 0.6) is 5.75 Å². The lowest BCUT2D eigenvalue weighted by Crippen LogP contribution is -2.14. The van der Waals surface area contributed by atoms with Crippen molar-refractivity contribution in [1.29, 1.82) is 0 Å². The van der Waals surface area contributed by atoms with Crippen LogP contribution in [0, 0.1) is 0 Å². The molecule has 1 aliphatic heterocycles. The summed E-state index contributed by atoms with van der Waals surface area (Å²) >= 11 is 1.06. The standard InChI is InChI=1S/C23H23NO5S/c1-4-19(25)24-22-20(23(27)29-6-3)21(26)18(30-22)13-16-15-10-8-7-9-14(15)11-12-17(16)28-5-2/h7-13,26H,4-6H2,1-3H3/b18-13-,24-22?. The predicted molar refractivity (Wildman–Crippen MR) is 120 cm³/mol. The molecule has 0 fully saturated rings. The highest BCUT2D eigenvalue weighted by molar-refractivity contribution is 8.18. The number of esters is 1. The van der Waals surface area contributed by atoms with Crippen LogP contribution in [0.15, 0.2) is 57.6 Å². The molecule has 1 N–H and O–H groups in total. The molecule has 2 aromatic rings. The van der Waals surface area contributed by atoms with E-state index in [9.17, 15) is 14.7 Å². The molecule has 1 amide bonds. The molecule has 6 nitrogen and oxygen atoms in total. The number of fused-ring (bicyclic) bond motifs is 1. The third-order valence-corrected chi connectivity index (χ3v) is 5.42. The van der Waals surface area contributed by atoms with E-state index < -0.39 is 5.97 Å². The van der Waals surface area contributed by atoms with E-state index in [0.717, 1.165) is 28.1 Å². The summed E-state index contributed by atoms with van der Waals surface area (Å²) in [6.07, 6.45) is 1.95. The molecule has 2 aromatic carbocycles. The summed E-state index contributed by atoms with van der Waals surface area (Å²) in [5.41, 5.74) is 0.684. The van der Waals surface area contributed by atoms with E-state index in [4.69, 9.17) is 9.47 Å². The van der Waals surface area contributed by atoms with Gasteiger partial charge in [0.05, 0.1) is 18.1 Å². The number of carbonyl (C=O) groups is 2. The smallest absolute Gasteiger partial charge is 0.344 e. The van der Waals surface area contributed by atoms with Crippen molar-refractivity contribution >= 4 is 45.5 Å². The molecule has 3 rings (SSSR count). The van der Waals surface area contributed by atoms with Crippen molar-refractivity contribution in [3.05, 3.63) is 58.2 Å². The lowest BCUT2D eigenvalue weighted by Gasteiger charge is -2.11. The van der Waals surface area contributed by atoms with Crippen molar-refractivity contribution in [3.8, 4) is 5.75 Å². The first kappa shape index (κ1) is 21.6. The molecule has 0 aliphatic carbocycles. The maximum absolute atomic E-state index is 12.4. The Morgan fingerprint density at radius 3 is 2.57 bits per heavy atom. The molecule has 7 heteroatoms. The fourth-order valence-corrected chi connectivity index (χ4v) is 4.03. The molecule has 0 saturated heterocycles. The Morgan fingerprint density at radius 1 is 1.10 bits per heavy atom. The monoisotopic (exact) mass is 425 g/mol. The van der Waals surface area contributed by atoms with Gasteiger partial charge >= 0.3 is 5.97 Å². The van der Waals surface area contributed by atoms with Crippen LogP contribution in [0.3, 0.4) is 0 Å². The second kappa shape index (κ2) is 9.63. The Morgan fingerprint density at radius 2 is 1.87 bits per heavy atom. The summed E-state index contributed by atoms with van der Waals surface area (Å²) < 4.78 is 10.8. The summed E-state index contributed by atoms with van der Waals surface area (Å²) in [5.74, 6) is -0.689. The minimum atomic E-state index is -0.712. The van der Waals surface area contributed by atoms with E-state index in [-0.39, 0.29) is 35.3 Å². The van der Waals surface area contributed by atoms with E-state index in [0.29, 0.717) is 17.3 Å². The average molecular weight is 426 g/mol. The molecule has 1 heterocycles. The molecule has 0 bridgehead atoms. The first-order valence-electron chi connectivity index (χ1n) is 9.76. The van der Waals surface area contributed by atoms with Gasteiger partial charge in [-0.3, -0.25) is 4.79 Å². The average Bonchev–Trinajstić information content (AvgIpc) is 3.04. The number of hydrogen-bond donors (Lipinski definition) is 1. The molecule has 1 aliphatic rings. The zero-order valence-corrected chi connectivity index (χ0v) is 17.9. The number of rotatable bonds is 6. The van der Waals surface area contributed by atoms with Gasteiger partial charge in [-0.05, 0) is 36.8 Å². The zero-order chi connectivity index (χ0) is 21.7. The Labute approximate surface area is 179 Å². The lowest BCUT2D eigenvalue weighted by atomic mass is 10.0. The highest BCUT2D eigenvalue weighted by Crippen LogP contribution is 2.41. The first-order valence-corrected chi connectivity index (χ1v) is 10.6. The molecule has 0 aromatic heterocycles. The van der Waals surface area contributed by atoms with Crippen molar-refractivity contribution < 1.29 is 24.2 Å². The fraction of sp³-hybridized carbons (Fsp3) is 0.261. The van der Waals surface area contributed by atoms with Crippen LogP contribution in [-0.2, 0) is 14.3 Å². The van der Waals surface area contributed by atoms with Crippen molar-refractivity contribution in [2.75, 3.05) is 13.2 Å².